The number of hydrogen-bond acceptors (Lipinski definition) is 9. The van der Waals surface area contributed by atoms with Gasteiger partial charge < -0.3 is 25.6 Å². The van der Waals surface area contributed by atoms with E-state index in [2.05, 4.69) is 56.2 Å². The number of rotatable bonds is 14. The van der Waals surface area contributed by atoms with Crippen LogP contribution in [-0.4, -0.2) is 64.5 Å². The molecule has 1 aliphatic rings. The monoisotopic (exact) mass is 467 g/mol. The molecule has 2 aromatic rings. The smallest absolute Gasteiger partial charge is 0.330 e. The molecule has 0 spiro atoms. The van der Waals surface area contributed by atoms with E-state index in [4.69, 9.17) is 4.74 Å². The zero-order valence-corrected chi connectivity index (χ0v) is 19.9. The minimum absolute atomic E-state index is 0.0112. The van der Waals surface area contributed by atoms with Gasteiger partial charge in [-0.1, -0.05) is 26.5 Å². The Bertz CT molecular complexity index is 1010. The second kappa shape index (κ2) is 12.6. The third-order valence-electron chi connectivity index (χ3n) is 5.46. The van der Waals surface area contributed by atoms with Crippen molar-refractivity contribution in [1.29, 1.82) is 0 Å². The molecule has 0 aliphatic carbocycles. The number of carbonyl (C=O) groups excluding carboxylic acids is 2. The fourth-order valence-electron chi connectivity index (χ4n) is 3.59. The zero-order chi connectivity index (χ0) is 24.3. The van der Waals surface area contributed by atoms with E-state index in [1.165, 1.54) is 0 Å². The molecule has 34 heavy (non-hydrogen) atoms. The number of nitrogens with zero attached hydrogens (tertiary/aromatic N) is 4. The Kier molecular flexibility index (Phi) is 9.33. The fraction of sp³-hybridized carbons (Fsp3) is 0.458. The minimum atomic E-state index is -0.447. The van der Waals surface area contributed by atoms with Crippen molar-refractivity contribution in [2.24, 2.45) is 0 Å². The Hall–Kier alpha value is -3.53. The number of esters is 1. The number of fused-ring (bicyclic) bond motifs is 1. The second-order valence-electron chi connectivity index (χ2n) is 7.90. The summed E-state index contributed by atoms with van der Waals surface area (Å²) in [4.78, 5) is 38.8. The van der Waals surface area contributed by atoms with Crippen LogP contribution in [0.3, 0.4) is 0 Å². The summed E-state index contributed by atoms with van der Waals surface area (Å²) in [6.07, 6.45) is 3.60. The van der Waals surface area contributed by atoms with Crippen molar-refractivity contribution in [3.05, 3.63) is 42.2 Å². The Balaban J connectivity index is 1.67. The molecular formula is C24H33N7O3. The van der Waals surface area contributed by atoms with Crippen LogP contribution in [-0.2, 0) is 27.2 Å². The number of carbonyl (C=O) groups is 2. The number of aromatic nitrogens is 3. The van der Waals surface area contributed by atoms with Crippen LogP contribution in [0.25, 0.3) is 0 Å². The van der Waals surface area contributed by atoms with Crippen molar-refractivity contribution >= 4 is 35.1 Å². The van der Waals surface area contributed by atoms with E-state index in [0.717, 1.165) is 55.6 Å². The lowest BCUT2D eigenvalue weighted by molar-refractivity contribution is -0.137. The van der Waals surface area contributed by atoms with Crippen LogP contribution in [0.4, 0.5) is 23.3 Å². The second-order valence-corrected chi connectivity index (χ2v) is 7.90. The van der Waals surface area contributed by atoms with Crippen LogP contribution in [0.1, 0.15) is 38.1 Å². The molecule has 0 atom stereocenters. The van der Waals surface area contributed by atoms with Gasteiger partial charge in [0.1, 0.15) is 5.82 Å². The van der Waals surface area contributed by atoms with E-state index in [0.29, 0.717) is 37.0 Å². The van der Waals surface area contributed by atoms with E-state index >= 15 is 0 Å². The molecule has 2 heterocycles. The average molecular weight is 468 g/mol. The molecular weight excluding hydrogens is 434 g/mol. The molecule has 1 aliphatic heterocycles. The summed E-state index contributed by atoms with van der Waals surface area (Å²) < 4.78 is 5.04. The van der Waals surface area contributed by atoms with Gasteiger partial charge in [0.05, 0.1) is 13.0 Å². The predicted octanol–water partition coefficient (Wildman–Crippen LogP) is 2.92. The first kappa shape index (κ1) is 25.1. The lowest BCUT2D eigenvalue weighted by atomic mass is 10.1. The average Bonchev–Trinajstić information content (AvgIpc) is 3.21. The first-order chi connectivity index (χ1) is 16.5. The highest BCUT2D eigenvalue weighted by molar-refractivity contribution is 5.99. The van der Waals surface area contributed by atoms with Gasteiger partial charge in [-0.3, -0.25) is 4.79 Å². The lowest BCUT2D eigenvalue weighted by Gasteiger charge is -2.17. The summed E-state index contributed by atoms with van der Waals surface area (Å²) in [5.74, 6) is 1.03. The minimum Gasteiger partial charge on any atom is -0.463 e. The number of nitrogens with one attached hydrogen (secondary N) is 3. The maximum Gasteiger partial charge on any atom is 0.330 e. The molecule has 10 heteroatoms. The predicted molar refractivity (Wildman–Crippen MR) is 132 cm³/mol. The summed E-state index contributed by atoms with van der Waals surface area (Å²) in [6.45, 7) is 11.8. The van der Waals surface area contributed by atoms with Crippen LogP contribution >= 0.6 is 0 Å². The molecule has 0 radical (unpaired) electrons. The van der Waals surface area contributed by atoms with Crippen LogP contribution < -0.4 is 16.0 Å². The first-order valence-electron chi connectivity index (χ1n) is 11.7. The maximum absolute atomic E-state index is 11.6. The highest BCUT2D eigenvalue weighted by Crippen LogP contribution is 2.27. The number of ether oxygens (including phenoxy) is 1. The van der Waals surface area contributed by atoms with Gasteiger partial charge in [0, 0.05) is 30.4 Å². The van der Waals surface area contributed by atoms with E-state index in [1.807, 2.05) is 18.2 Å². The summed E-state index contributed by atoms with van der Waals surface area (Å²) in [5.41, 5.74) is 2.53. The molecule has 0 saturated carbocycles. The Morgan fingerprint density at radius 2 is 2.00 bits per heavy atom. The summed E-state index contributed by atoms with van der Waals surface area (Å²) in [6, 6.07) is 5.68. The molecule has 0 bridgehead atoms. The largest absolute Gasteiger partial charge is 0.463 e. The SMILES string of the molecule is C=CC(=O)OCCCc1nc(NCCCN(CC)CC)nc(Nc2ccc3c(c2)NC(=O)C3)n1. The summed E-state index contributed by atoms with van der Waals surface area (Å²) >= 11 is 0. The molecule has 1 amide bonds. The Labute approximate surface area is 200 Å². The van der Waals surface area contributed by atoms with Crippen LogP contribution in [0, 0.1) is 0 Å². The van der Waals surface area contributed by atoms with Gasteiger partial charge in [-0.25, -0.2) is 4.79 Å². The number of aryl methyl sites for hydroxylation is 1. The normalized spacial score (nSPS) is 12.3. The standard InChI is InChI=1S/C24H33N7O3/c1-4-22(33)34-14-7-9-20-28-23(25-12-8-13-31(5-2)6-3)30-24(29-20)26-18-11-10-17-15-21(32)27-19(17)16-18/h4,10-11,16H,1,5-9,12-15H2,2-3H3,(H,27,32)(H2,25,26,28,29,30). The number of benzene rings is 1. The quantitative estimate of drug-likeness (QED) is 0.219. The van der Waals surface area contributed by atoms with Crippen LogP contribution in [0.5, 0.6) is 0 Å². The van der Waals surface area contributed by atoms with E-state index in [-0.39, 0.29) is 12.5 Å². The Morgan fingerprint density at radius 3 is 2.76 bits per heavy atom. The number of anilines is 4. The molecule has 3 N–H and O–H groups in total. The van der Waals surface area contributed by atoms with Crippen molar-refractivity contribution in [3.8, 4) is 0 Å². The van der Waals surface area contributed by atoms with E-state index in [9.17, 15) is 9.59 Å². The van der Waals surface area contributed by atoms with Crippen LogP contribution in [0.2, 0.25) is 0 Å². The topological polar surface area (TPSA) is 121 Å². The van der Waals surface area contributed by atoms with Crippen molar-refractivity contribution in [1.82, 2.24) is 19.9 Å². The van der Waals surface area contributed by atoms with Gasteiger partial charge >= 0.3 is 5.97 Å². The lowest BCUT2D eigenvalue weighted by Crippen LogP contribution is -2.25. The van der Waals surface area contributed by atoms with Crippen molar-refractivity contribution in [3.63, 3.8) is 0 Å². The first-order valence-corrected chi connectivity index (χ1v) is 11.7. The Morgan fingerprint density at radius 1 is 1.21 bits per heavy atom. The number of amides is 1. The van der Waals surface area contributed by atoms with Gasteiger partial charge in [0.15, 0.2) is 0 Å². The van der Waals surface area contributed by atoms with Gasteiger partial charge in [-0.15, -0.1) is 0 Å². The van der Waals surface area contributed by atoms with Gasteiger partial charge in [-0.05, 0) is 50.2 Å². The molecule has 1 aromatic heterocycles. The van der Waals surface area contributed by atoms with Crippen LogP contribution in [0.15, 0.2) is 30.9 Å². The molecule has 182 valence electrons. The molecule has 3 rings (SSSR count). The molecule has 1 aromatic carbocycles. The van der Waals surface area contributed by atoms with Crippen molar-refractivity contribution in [2.45, 2.75) is 39.5 Å². The molecule has 10 nitrogen and oxygen atoms in total. The van der Waals surface area contributed by atoms with Gasteiger partial charge in [0.2, 0.25) is 17.8 Å². The molecule has 0 fully saturated rings. The third kappa shape index (κ3) is 7.51. The van der Waals surface area contributed by atoms with Gasteiger partial charge in [0.25, 0.3) is 0 Å². The van der Waals surface area contributed by atoms with Crippen molar-refractivity contribution in [2.75, 3.05) is 48.7 Å². The zero-order valence-electron chi connectivity index (χ0n) is 19.9. The maximum atomic E-state index is 11.6. The summed E-state index contributed by atoms with van der Waals surface area (Å²) in [5, 5.41) is 9.36. The summed E-state index contributed by atoms with van der Waals surface area (Å²) in [7, 11) is 0. The highest BCUT2D eigenvalue weighted by atomic mass is 16.5. The third-order valence-corrected chi connectivity index (χ3v) is 5.46. The van der Waals surface area contributed by atoms with Gasteiger partial charge in [-0.2, -0.15) is 15.0 Å². The highest BCUT2D eigenvalue weighted by Gasteiger charge is 2.18. The molecule has 0 unspecified atom stereocenters. The fourth-order valence-corrected chi connectivity index (χ4v) is 3.59. The number of hydrogen-bond donors (Lipinski definition) is 3. The van der Waals surface area contributed by atoms with Crippen molar-refractivity contribution < 1.29 is 14.3 Å². The van der Waals surface area contributed by atoms with E-state index < -0.39 is 5.97 Å². The molecule has 0 saturated heterocycles. The van der Waals surface area contributed by atoms with E-state index in [1.54, 1.807) is 0 Å².